The topological polar surface area (TPSA) is 111 Å². The number of carbonyl (C=O) groups excluding carboxylic acids is 3. The maximum atomic E-state index is 13.0. The highest BCUT2D eigenvalue weighted by molar-refractivity contribution is 6.12. The Morgan fingerprint density at radius 3 is 2.22 bits per heavy atom. The zero-order valence-corrected chi connectivity index (χ0v) is 21.5. The van der Waals surface area contributed by atoms with E-state index in [4.69, 9.17) is 9.94 Å². The maximum Gasteiger partial charge on any atom is 0.278 e. The molecule has 0 spiro atoms. The van der Waals surface area contributed by atoms with Gasteiger partial charge >= 0.3 is 0 Å². The largest absolute Gasteiger partial charge is 0.380 e. The number of rotatable bonds is 7. The number of amides is 3. The molecule has 1 atom stereocenters. The van der Waals surface area contributed by atoms with Crippen LogP contribution >= 0.6 is 0 Å². The highest BCUT2D eigenvalue weighted by Gasteiger charge is 2.47. The molecule has 2 aromatic rings. The predicted octanol–water partition coefficient (Wildman–Crippen LogP) is 1.43. The molecular formula is C28H34N4O5. The predicted molar refractivity (Wildman–Crippen MR) is 139 cm³/mol. The van der Waals surface area contributed by atoms with Crippen LogP contribution in [0.3, 0.4) is 0 Å². The average Bonchev–Trinajstić information content (AvgIpc) is 3.22. The monoisotopic (exact) mass is 506 g/mol. The SMILES string of the molecule is CNC(=O)[C@@](C)(C(=O)NO)N(C)C(=O)c1ccc(C#Cc2ccc(CCN3CCCOCC3)cc2)cc1. The molecule has 3 N–H and O–H groups in total. The number of ether oxygens (including phenoxy) is 1. The van der Waals surface area contributed by atoms with Gasteiger partial charge in [-0.05, 0) is 61.7 Å². The summed E-state index contributed by atoms with van der Waals surface area (Å²) in [6, 6.07) is 14.8. The molecule has 1 fully saturated rings. The van der Waals surface area contributed by atoms with Gasteiger partial charge in [-0.2, -0.15) is 0 Å². The fourth-order valence-electron chi connectivity index (χ4n) is 4.06. The van der Waals surface area contributed by atoms with Gasteiger partial charge < -0.3 is 19.9 Å². The molecule has 1 saturated heterocycles. The number of carbonyl (C=O) groups is 3. The van der Waals surface area contributed by atoms with Crippen LogP contribution in [0.4, 0.5) is 0 Å². The molecule has 0 radical (unpaired) electrons. The molecule has 3 rings (SSSR count). The van der Waals surface area contributed by atoms with E-state index in [0.717, 1.165) is 56.2 Å². The minimum atomic E-state index is -1.94. The quantitative estimate of drug-likeness (QED) is 0.227. The van der Waals surface area contributed by atoms with Crippen molar-refractivity contribution in [2.75, 3.05) is 46.9 Å². The molecule has 2 aromatic carbocycles. The van der Waals surface area contributed by atoms with Crippen molar-refractivity contribution in [2.24, 2.45) is 0 Å². The Morgan fingerprint density at radius 1 is 1.00 bits per heavy atom. The lowest BCUT2D eigenvalue weighted by atomic mass is 9.96. The van der Waals surface area contributed by atoms with Crippen molar-refractivity contribution >= 4 is 17.7 Å². The van der Waals surface area contributed by atoms with Crippen LogP contribution < -0.4 is 10.8 Å². The van der Waals surface area contributed by atoms with E-state index in [9.17, 15) is 14.4 Å². The highest BCUT2D eigenvalue weighted by atomic mass is 16.5. The van der Waals surface area contributed by atoms with Gasteiger partial charge in [-0.15, -0.1) is 0 Å². The van der Waals surface area contributed by atoms with Crippen LogP contribution in [0.1, 0.15) is 40.4 Å². The van der Waals surface area contributed by atoms with Gasteiger partial charge in [-0.3, -0.25) is 19.6 Å². The number of nitrogens with one attached hydrogen (secondary N) is 2. The van der Waals surface area contributed by atoms with Crippen molar-refractivity contribution in [1.82, 2.24) is 20.6 Å². The normalized spacial score (nSPS) is 15.4. The molecule has 0 aromatic heterocycles. The van der Waals surface area contributed by atoms with E-state index in [1.165, 1.54) is 32.1 Å². The summed E-state index contributed by atoms with van der Waals surface area (Å²) in [5, 5.41) is 11.4. The maximum absolute atomic E-state index is 13.0. The number of hydrogen-bond acceptors (Lipinski definition) is 6. The van der Waals surface area contributed by atoms with Gasteiger partial charge in [0.25, 0.3) is 17.7 Å². The second-order valence-electron chi connectivity index (χ2n) is 9.04. The van der Waals surface area contributed by atoms with Crippen molar-refractivity contribution in [3.8, 4) is 11.8 Å². The summed E-state index contributed by atoms with van der Waals surface area (Å²) in [7, 11) is 2.67. The lowest BCUT2D eigenvalue weighted by molar-refractivity contribution is -0.148. The molecule has 9 heteroatoms. The van der Waals surface area contributed by atoms with Crippen LogP contribution in [0.5, 0.6) is 0 Å². The number of benzene rings is 2. The Morgan fingerprint density at radius 2 is 1.62 bits per heavy atom. The van der Waals surface area contributed by atoms with Gasteiger partial charge in [-0.25, -0.2) is 5.48 Å². The lowest BCUT2D eigenvalue weighted by Gasteiger charge is -2.34. The molecule has 0 bridgehead atoms. The number of hydroxylamine groups is 1. The zero-order chi connectivity index (χ0) is 26.8. The van der Waals surface area contributed by atoms with Crippen LogP contribution in [-0.2, 0) is 20.7 Å². The van der Waals surface area contributed by atoms with E-state index < -0.39 is 23.3 Å². The fraction of sp³-hybridized carbons (Fsp3) is 0.393. The van der Waals surface area contributed by atoms with Crippen LogP contribution in [0.2, 0.25) is 0 Å². The summed E-state index contributed by atoms with van der Waals surface area (Å²) in [6.45, 7) is 5.98. The average molecular weight is 507 g/mol. The molecule has 9 nitrogen and oxygen atoms in total. The third-order valence-corrected chi connectivity index (χ3v) is 6.66. The summed E-state index contributed by atoms with van der Waals surface area (Å²) in [5.41, 5.74) is 2.67. The van der Waals surface area contributed by atoms with Crippen LogP contribution in [0.25, 0.3) is 0 Å². The lowest BCUT2D eigenvalue weighted by Crippen LogP contribution is -2.64. The van der Waals surface area contributed by atoms with Gasteiger partial charge in [0.15, 0.2) is 5.54 Å². The van der Waals surface area contributed by atoms with E-state index in [1.807, 2.05) is 12.1 Å². The second-order valence-corrected chi connectivity index (χ2v) is 9.04. The van der Waals surface area contributed by atoms with E-state index in [0.29, 0.717) is 5.56 Å². The molecule has 1 aliphatic rings. The van der Waals surface area contributed by atoms with Gasteiger partial charge in [-0.1, -0.05) is 24.0 Å². The number of nitrogens with zero attached hydrogens (tertiary/aromatic N) is 2. The molecule has 196 valence electrons. The summed E-state index contributed by atoms with van der Waals surface area (Å²) >= 11 is 0. The first-order chi connectivity index (χ1) is 17.8. The molecule has 3 amide bonds. The Kier molecular flexibility index (Phi) is 9.80. The molecular weight excluding hydrogens is 472 g/mol. The smallest absolute Gasteiger partial charge is 0.278 e. The van der Waals surface area contributed by atoms with Crippen LogP contribution in [0, 0.1) is 11.8 Å². The van der Waals surface area contributed by atoms with Gasteiger partial charge in [0.2, 0.25) is 0 Å². The third kappa shape index (κ3) is 6.95. The van der Waals surface area contributed by atoms with Crippen molar-refractivity contribution in [3.63, 3.8) is 0 Å². The molecule has 1 heterocycles. The van der Waals surface area contributed by atoms with Crippen molar-refractivity contribution in [2.45, 2.75) is 25.3 Å². The van der Waals surface area contributed by atoms with E-state index in [2.05, 4.69) is 34.2 Å². The second kappa shape index (κ2) is 13.0. The molecule has 0 saturated carbocycles. The first kappa shape index (κ1) is 27.9. The van der Waals surface area contributed by atoms with Crippen LogP contribution in [-0.4, -0.2) is 85.2 Å². The molecule has 1 aliphatic heterocycles. The minimum Gasteiger partial charge on any atom is -0.380 e. The Hall–Kier alpha value is -3.71. The van der Waals surface area contributed by atoms with Crippen molar-refractivity contribution in [1.29, 1.82) is 0 Å². The zero-order valence-electron chi connectivity index (χ0n) is 21.5. The first-order valence-corrected chi connectivity index (χ1v) is 12.3. The Balaban J connectivity index is 1.62. The van der Waals surface area contributed by atoms with Gasteiger partial charge in [0, 0.05) is 57.0 Å². The van der Waals surface area contributed by atoms with E-state index >= 15 is 0 Å². The van der Waals surface area contributed by atoms with Gasteiger partial charge in [0.05, 0.1) is 6.61 Å². The summed E-state index contributed by atoms with van der Waals surface area (Å²) in [4.78, 5) is 40.9. The fourth-order valence-corrected chi connectivity index (χ4v) is 4.06. The standard InChI is InChI=1S/C28H34N4O5/c1-28(26(34)29-2,27(35)30-36)31(3)25(33)24-13-11-22(12-14-24)6-5-21-7-9-23(10-8-21)15-17-32-16-4-19-37-20-18-32/h7-14,36H,4,15-20H2,1-3H3,(H,29,34)(H,30,35)/t28-/m0/s1. The van der Waals surface area contributed by atoms with Crippen molar-refractivity contribution in [3.05, 3.63) is 70.8 Å². The van der Waals surface area contributed by atoms with Crippen molar-refractivity contribution < 1.29 is 24.3 Å². The Labute approximate surface area is 217 Å². The summed E-state index contributed by atoms with van der Waals surface area (Å²) in [5.74, 6) is 3.92. The molecule has 0 unspecified atom stereocenters. The van der Waals surface area contributed by atoms with E-state index in [1.54, 1.807) is 24.3 Å². The summed E-state index contributed by atoms with van der Waals surface area (Å²) in [6.07, 6.45) is 2.06. The van der Waals surface area contributed by atoms with E-state index in [-0.39, 0.29) is 5.56 Å². The van der Waals surface area contributed by atoms with Gasteiger partial charge in [0.1, 0.15) is 0 Å². The highest BCUT2D eigenvalue weighted by Crippen LogP contribution is 2.18. The number of hydrogen-bond donors (Lipinski definition) is 3. The molecule has 37 heavy (non-hydrogen) atoms. The molecule has 0 aliphatic carbocycles. The Bertz CT molecular complexity index is 1130. The number of likely N-dealkylation sites (N-methyl/N-ethyl adjacent to an activating group) is 2. The third-order valence-electron chi connectivity index (χ3n) is 6.66. The minimum absolute atomic E-state index is 0.272. The first-order valence-electron chi connectivity index (χ1n) is 12.3. The van der Waals surface area contributed by atoms with Crippen LogP contribution in [0.15, 0.2) is 48.5 Å². The summed E-state index contributed by atoms with van der Waals surface area (Å²) < 4.78 is 5.51.